The molecule has 1 aliphatic heterocycles. The summed E-state index contributed by atoms with van der Waals surface area (Å²) < 4.78 is 1.09. The molecule has 0 radical (unpaired) electrons. The Kier molecular flexibility index (Phi) is 2.87. The van der Waals surface area contributed by atoms with Gasteiger partial charge in [-0.2, -0.15) is 0 Å². The molecule has 114 valence electrons. The van der Waals surface area contributed by atoms with Crippen LogP contribution in [0.1, 0.15) is 11.1 Å². The standard InChI is InChI=1S/C13H12N4O5/c1-6-7-4-15(2)10(18)5-16-11(7)8(3-9(6)17(21)22)14-12(19)13(16)20/h3H,4-5H2,1-2H3,(H,14,19). The quantitative estimate of drug-likeness (QED) is 0.447. The summed E-state index contributed by atoms with van der Waals surface area (Å²) in [6, 6.07) is 1.22. The molecule has 9 nitrogen and oxygen atoms in total. The van der Waals surface area contributed by atoms with Crippen LogP contribution in [0.5, 0.6) is 0 Å². The topological polar surface area (TPSA) is 118 Å². The van der Waals surface area contributed by atoms with Gasteiger partial charge in [-0.3, -0.25) is 29.1 Å². The van der Waals surface area contributed by atoms with Crippen LogP contribution < -0.4 is 11.1 Å². The first kappa shape index (κ1) is 14.0. The molecule has 1 N–H and O–H groups in total. The Morgan fingerprint density at radius 3 is 2.59 bits per heavy atom. The molecule has 1 amide bonds. The molecule has 2 aromatic rings. The van der Waals surface area contributed by atoms with Crippen molar-refractivity contribution in [1.29, 1.82) is 0 Å². The van der Waals surface area contributed by atoms with Crippen molar-refractivity contribution in [2.24, 2.45) is 0 Å². The fourth-order valence-corrected chi connectivity index (χ4v) is 2.73. The fraction of sp³-hybridized carbons (Fsp3) is 0.308. The zero-order chi connectivity index (χ0) is 16.2. The molecule has 0 bridgehead atoms. The van der Waals surface area contributed by atoms with E-state index in [4.69, 9.17) is 0 Å². The van der Waals surface area contributed by atoms with Crippen molar-refractivity contribution in [3.8, 4) is 0 Å². The molecule has 0 spiro atoms. The molecule has 1 aliphatic rings. The molecule has 0 unspecified atom stereocenters. The molecule has 2 heterocycles. The van der Waals surface area contributed by atoms with Gasteiger partial charge in [-0.15, -0.1) is 0 Å². The van der Waals surface area contributed by atoms with Crippen LogP contribution in [0.4, 0.5) is 5.69 Å². The van der Waals surface area contributed by atoms with E-state index < -0.39 is 16.0 Å². The van der Waals surface area contributed by atoms with E-state index in [1.165, 1.54) is 11.0 Å². The molecular weight excluding hydrogens is 292 g/mol. The maximum atomic E-state index is 12.0. The zero-order valence-electron chi connectivity index (χ0n) is 11.9. The van der Waals surface area contributed by atoms with E-state index in [2.05, 4.69) is 4.98 Å². The van der Waals surface area contributed by atoms with Gasteiger partial charge in [0.15, 0.2) is 0 Å². The highest BCUT2D eigenvalue weighted by Gasteiger charge is 2.27. The Labute approximate surface area is 122 Å². The van der Waals surface area contributed by atoms with Crippen molar-refractivity contribution in [3.63, 3.8) is 0 Å². The first-order valence-corrected chi connectivity index (χ1v) is 6.49. The van der Waals surface area contributed by atoms with Gasteiger partial charge in [0.1, 0.15) is 6.54 Å². The van der Waals surface area contributed by atoms with Gasteiger partial charge in [0.25, 0.3) is 5.69 Å². The molecule has 22 heavy (non-hydrogen) atoms. The Morgan fingerprint density at radius 2 is 1.95 bits per heavy atom. The SMILES string of the molecule is Cc1c([N+](=O)[O-])cc2[nH]c(=O)c(=O)n3c2c1CN(C)C(=O)C3. The van der Waals surface area contributed by atoms with E-state index in [0.29, 0.717) is 16.6 Å². The van der Waals surface area contributed by atoms with Crippen LogP contribution in [-0.4, -0.2) is 32.3 Å². The normalized spacial score (nSPS) is 14.3. The molecule has 0 saturated carbocycles. The van der Waals surface area contributed by atoms with Crippen molar-refractivity contribution in [2.75, 3.05) is 7.05 Å². The minimum Gasteiger partial charge on any atom is -0.340 e. The third kappa shape index (κ3) is 1.82. The van der Waals surface area contributed by atoms with Gasteiger partial charge in [-0.25, -0.2) is 0 Å². The van der Waals surface area contributed by atoms with Crippen molar-refractivity contribution in [3.05, 3.63) is 48.0 Å². The lowest BCUT2D eigenvalue weighted by Crippen LogP contribution is -2.38. The molecule has 9 heteroatoms. The predicted molar refractivity (Wildman–Crippen MR) is 76.7 cm³/mol. The van der Waals surface area contributed by atoms with Crippen molar-refractivity contribution < 1.29 is 9.72 Å². The van der Waals surface area contributed by atoms with E-state index in [1.807, 2.05) is 0 Å². The second-order valence-electron chi connectivity index (χ2n) is 5.25. The molecule has 0 aliphatic carbocycles. The lowest BCUT2D eigenvalue weighted by Gasteiger charge is -2.15. The Balaban J connectivity index is 2.56. The third-order valence-electron chi connectivity index (χ3n) is 3.93. The van der Waals surface area contributed by atoms with E-state index >= 15 is 0 Å². The number of amides is 1. The highest BCUT2D eigenvalue weighted by atomic mass is 16.6. The number of hydrogen-bond acceptors (Lipinski definition) is 5. The average molecular weight is 304 g/mol. The molecule has 1 aromatic carbocycles. The van der Waals surface area contributed by atoms with E-state index in [-0.39, 0.29) is 30.2 Å². The number of aromatic amines is 1. The van der Waals surface area contributed by atoms with Crippen LogP contribution in [0.2, 0.25) is 0 Å². The number of carbonyl (C=O) groups is 1. The monoisotopic (exact) mass is 304 g/mol. The number of hydrogen-bond donors (Lipinski definition) is 1. The van der Waals surface area contributed by atoms with Crippen LogP contribution in [0.25, 0.3) is 11.0 Å². The van der Waals surface area contributed by atoms with Gasteiger partial charge in [0, 0.05) is 30.8 Å². The number of nitro benzene ring substituents is 1. The summed E-state index contributed by atoms with van der Waals surface area (Å²) in [5.74, 6) is -0.341. The summed E-state index contributed by atoms with van der Waals surface area (Å²) in [6.07, 6.45) is 0. The number of carbonyl (C=O) groups excluding carboxylic acids is 1. The smallest absolute Gasteiger partial charge is 0.317 e. The number of likely N-dealkylation sites (N-methyl/N-ethyl adjacent to an activating group) is 1. The zero-order valence-corrected chi connectivity index (χ0v) is 11.9. The second kappa shape index (κ2) is 4.52. The summed E-state index contributed by atoms with van der Waals surface area (Å²) in [6.45, 7) is 1.44. The summed E-state index contributed by atoms with van der Waals surface area (Å²) in [4.78, 5) is 50.2. The maximum absolute atomic E-state index is 12.0. The summed E-state index contributed by atoms with van der Waals surface area (Å²) in [5.41, 5.74) is -0.499. The second-order valence-corrected chi connectivity index (χ2v) is 5.25. The van der Waals surface area contributed by atoms with Gasteiger partial charge in [0.2, 0.25) is 5.91 Å². The van der Waals surface area contributed by atoms with Crippen LogP contribution in [0, 0.1) is 17.0 Å². The van der Waals surface area contributed by atoms with E-state index in [1.54, 1.807) is 14.0 Å². The van der Waals surface area contributed by atoms with E-state index in [0.717, 1.165) is 4.57 Å². The lowest BCUT2D eigenvalue weighted by atomic mass is 10.0. The summed E-state index contributed by atoms with van der Waals surface area (Å²) in [7, 11) is 1.55. The Bertz CT molecular complexity index is 956. The minimum atomic E-state index is -0.908. The highest BCUT2D eigenvalue weighted by Crippen LogP contribution is 2.30. The average Bonchev–Trinajstić information content (AvgIpc) is 2.58. The fourth-order valence-electron chi connectivity index (χ4n) is 2.73. The van der Waals surface area contributed by atoms with Gasteiger partial charge >= 0.3 is 11.1 Å². The number of H-pyrrole nitrogens is 1. The highest BCUT2D eigenvalue weighted by molar-refractivity contribution is 5.87. The van der Waals surface area contributed by atoms with Crippen LogP contribution in [0.15, 0.2) is 15.7 Å². The number of nitro groups is 1. The first-order valence-electron chi connectivity index (χ1n) is 6.49. The number of rotatable bonds is 1. The molecular formula is C13H12N4O5. The Morgan fingerprint density at radius 1 is 1.27 bits per heavy atom. The molecule has 1 aromatic heterocycles. The Hall–Kier alpha value is -2.97. The van der Waals surface area contributed by atoms with Gasteiger partial charge in [0.05, 0.1) is 16.0 Å². The number of nitrogens with one attached hydrogen (secondary N) is 1. The molecule has 0 saturated heterocycles. The molecule has 0 fully saturated rings. The summed E-state index contributed by atoms with van der Waals surface area (Å²) >= 11 is 0. The van der Waals surface area contributed by atoms with Crippen molar-refractivity contribution in [2.45, 2.75) is 20.0 Å². The number of nitrogens with zero attached hydrogens (tertiary/aromatic N) is 3. The number of aromatic nitrogens is 2. The maximum Gasteiger partial charge on any atom is 0.317 e. The lowest BCUT2D eigenvalue weighted by molar-refractivity contribution is -0.385. The van der Waals surface area contributed by atoms with Gasteiger partial charge < -0.3 is 9.88 Å². The van der Waals surface area contributed by atoms with Gasteiger partial charge in [-0.05, 0) is 6.92 Å². The summed E-state index contributed by atoms with van der Waals surface area (Å²) in [5, 5.41) is 11.2. The van der Waals surface area contributed by atoms with Crippen molar-refractivity contribution >= 4 is 22.6 Å². The number of benzene rings is 1. The van der Waals surface area contributed by atoms with E-state index in [9.17, 15) is 24.5 Å². The third-order valence-corrected chi connectivity index (χ3v) is 3.93. The molecule has 3 rings (SSSR count). The largest absolute Gasteiger partial charge is 0.340 e. The van der Waals surface area contributed by atoms with Gasteiger partial charge in [-0.1, -0.05) is 0 Å². The van der Waals surface area contributed by atoms with Crippen LogP contribution >= 0.6 is 0 Å². The van der Waals surface area contributed by atoms with Crippen LogP contribution in [-0.2, 0) is 17.9 Å². The first-order chi connectivity index (χ1) is 10.3. The molecule has 0 atom stereocenters. The minimum absolute atomic E-state index is 0.133. The van der Waals surface area contributed by atoms with Crippen LogP contribution in [0.3, 0.4) is 0 Å². The predicted octanol–water partition coefficient (Wildman–Crippen LogP) is -0.122. The van der Waals surface area contributed by atoms with Crippen molar-refractivity contribution in [1.82, 2.24) is 14.5 Å².